The van der Waals surface area contributed by atoms with Gasteiger partial charge in [0.2, 0.25) is 11.9 Å². The third-order valence-corrected chi connectivity index (χ3v) is 6.39. The van der Waals surface area contributed by atoms with Crippen molar-refractivity contribution in [2.24, 2.45) is 0 Å². The fourth-order valence-electron chi connectivity index (χ4n) is 4.23. The van der Waals surface area contributed by atoms with Gasteiger partial charge in [0.1, 0.15) is 0 Å². The van der Waals surface area contributed by atoms with E-state index in [4.69, 9.17) is 24.4 Å². The molecular weight excluding hydrogens is 486 g/mol. The molecule has 2 aliphatic rings. The summed E-state index contributed by atoms with van der Waals surface area (Å²) in [7, 11) is 0. The van der Waals surface area contributed by atoms with Gasteiger partial charge in [-0.25, -0.2) is 4.79 Å². The molecule has 11 heteroatoms. The van der Waals surface area contributed by atoms with E-state index in [0.29, 0.717) is 67.5 Å². The molecule has 3 heterocycles. The number of nitrogens with one attached hydrogen (secondary N) is 2. The molecule has 2 saturated heterocycles. The Morgan fingerprint density at radius 1 is 0.737 bits per heavy atom. The fraction of sp³-hybridized carbons (Fsp3) is 0.370. The summed E-state index contributed by atoms with van der Waals surface area (Å²) in [4.78, 5) is 42.8. The summed E-state index contributed by atoms with van der Waals surface area (Å²) >= 11 is 0. The van der Waals surface area contributed by atoms with Gasteiger partial charge in [-0.3, -0.25) is 4.79 Å². The highest BCUT2D eigenvalue weighted by molar-refractivity contribution is 6.00. The molecule has 0 unspecified atom stereocenters. The molecule has 2 aromatic carbocycles. The zero-order valence-electron chi connectivity index (χ0n) is 21.4. The molecule has 2 N–H and O–H groups in total. The minimum absolute atomic E-state index is 0.0633. The lowest BCUT2D eigenvalue weighted by atomic mass is 10.1. The van der Waals surface area contributed by atoms with Crippen molar-refractivity contribution >= 4 is 35.1 Å². The number of amides is 2. The van der Waals surface area contributed by atoms with Crippen molar-refractivity contribution in [1.82, 2.24) is 15.0 Å². The number of benzene rings is 2. The third kappa shape index (κ3) is 6.24. The van der Waals surface area contributed by atoms with Gasteiger partial charge in [-0.05, 0) is 48.5 Å². The molecule has 0 aliphatic carbocycles. The predicted molar refractivity (Wildman–Crippen MR) is 145 cm³/mol. The van der Waals surface area contributed by atoms with Crippen LogP contribution in [-0.2, 0) is 9.47 Å². The normalized spacial score (nSPS) is 15.7. The van der Waals surface area contributed by atoms with E-state index < -0.39 is 0 Å². The first-order valence-electron chi connectivity index (χ1n) is 12.8. The number of hydrogen-bond acceptors (Lipinski definition) is 9. The van der Waals surface area contributed by atoms with E-state index in [1.807, 2.05) is 31.2 Å². The molecule has 2 fully saturated rings. The summed E-state index contributed by atoms with van der Waals surface area (Å²) in [6.07, 6.45) is 0.441. The summed E-state index contributed by atoms with van der Waals surface area (Å²) in [5, 5.41) is 5.61. The zero-order chi connectivity index (χ0) is 26.3. The van der Waals surface area contributed by atoms with Crippen LogP contribution in [0.1, 0.15) is 23.7 Å². The summed E-state index contributed by atoms with van der Waals surface area (Å²) in [5.41, 5.74) is 2.67. The van der Waals surface area contributed by atoms with E-state index in [2.05, 4.69) is 20.4 Å². The fourth-order valence-corrected chi connectivity index (χ4v) is 4.23. The Labute approximate surface area is 221 Å². The largest absolute Gasteiger partial charge is 0.378 e. The second kappa shape index (κ2) is 12.0. The van der Waals surface area contributed by atoms with Crippen molar-refractivity contribution in [3.05, 3.63) is 54.1 Å². The van der Waals surface area contributed by atoms with Crippen LogP contribution in [0.2, 0.25) is 0 Å². The van der Waals surface area contributed by atoms with Crippen LogP contribution in [0, 0.1) is 0 Å². The Hall–Kier alpha value is -4.09. The number of morpholine rings is 2. The van der Waals surface area contributed by atoms with Crippen LogP contribution in [0.25, 0.3) is 11.4 Å². The van der Waals surface area contributed by atoms with Crippen molar-refractivity contribution in [2.45, 2.75) is 13.3 Å². The van der Waals surface area contributed by atoms with Gasteiger partial charge in [0.05, 0.1) is 26.4 Å². The van der Waals surface area contributed by atoms with Crippen LogP contribution in [0.4, 0.5) is 28.1 Å². The van der Waals surface area contributed by atoms with Gasteiger partial charge in [0, 0.05) is 55.1 Å². The van der Waals surface area contributed by atoms with E-state index in [0.717, 1.165) is 31.7 Å². The highest BCUT2D eigenvalue weighted by atomic mass is 16.5. The van der Waals surface area contributed by atoms with E-state index >= 15 is 0 Å². The number of ketones is 1. The highest BCUT2D eigenvalue weighted by Gasteiger charge is 2.21. The number of carbonyl (C=O) groups is 2. The lowest BCUT2D eigenvalue weighted by Crippen LogP contribution is -2.40. The van der Waals surface area contributed by atoms with E-state index in [9.17, 15) is 9.59 Å². The van der Waals surface area contributed by atoms with Gasteiger partial charge in [-0.1, -0.05) is 6.92 Å². The van der Waals surface area contributed by atoms with Crippen LogP contribution < -0.4 is 20.4 Å². The molecule has 0 spiro atoms. The first kappa shape index (κ1) is 25.6. The number of carbonyl (C=O) groups excluding carboxylic acids is 2. The lowest BCUT2D eigenvalue weighted by molar-refractivity contribution is 0.0988. The van der Waals surface area contributed by atoms with Crippen LogP contribution >= 0.6 is 0 Å². The van der Waals surface area contributed by atoms with Crippen LogP contribution in [0.5, 0.6) is 0 Å². The number of anilines is 4. The smallest absolute Gasteiger partial charge is 0.323 e. The van der Waals surface area contributed by atoms with Crippen LogP contribution in [0.3, 0.4) is 0 Å². The molecule has 1 aromatic heterocycles. The maximum Gasteiger partial charge on any atom is 0.323 e. The summed E-state index contributed by atoms with van der Waals surface area (Å²) in [6.45, 7) is 7.26. The molecule has 0 radical (unpaired) electrons. The molecule has 2 amide bonds. The molecule has 38 heavy (non-hydrogen) atoms. The van der Waals surface area contributed by atoms with Gasteiger partial charge < -0.3 is 29.9 Å². The quantitative estimate of drug-likeness (QED) is 0.454. The SMILES string of the molecule is CCC(=O)c1ccc(NC(=O)Nc2ccc(-c3nc(N4CCOCC4)nc(N4CCOCC4)n3)cc2)cc1. The Morgan fingerprint density at radius 2 is 1.21 bits per heavy atom. The molecule has 11 nitrogen and oxygen atoms in total. The van der Waals surface area contributed by atoms with E-state index in [1.54, 1.807) is 24.3 Å². The zero-order valence-corrected chi connectivity index (χ0v) is 21.4. The van der Waals surface area contributed by atoms with Gasteiger partial charge in [0.15, 0.2) is 11.6 Å². The number of nitrogens with zero attached hydrogens (tertiary/aromatic N) is 5. The van der Waals surface area contributed by atoms with Crippen LogP contribution in [0.15, 0.2) is 48.5 Å². The number of rotatable bonds is 7. The Bertz CT molecular complexity index is 1220. The van der Waals surface area contributed by atoms with Crippen LogP contribution in [-0.4, -0.2) is 79.4 Å². The predicted octanol–water partition coefficient (Wildman–Crippen LogP) is 3.45. The third-order valence-electron chi connectivity index (χ3n) is 6.39. The van der Waals surface area contributed by atoms with Crippen molar-refractivity contribution < 1.29 is 19.1 Å². The van der Waals surface area contributed by atoms with Gasteiger partial charge >= 0.3 is 6.03 Å². The molecule has 5 rings (SSSR count). The minimum Gasteiger partial charge on any atom is -0.378 e. The Balaban J connectivity index is 1.29. The summed E-state index contributed by atoms with van der Waals surface area (Å²) in [5.74, 6) is 1.90. The molecule has 0 bridgehead atoms. The maximum atomic E-state index is 12.5. The van der Waals surface area contributed by atoms with E-state index in [-0.39, 0.29) is 11.8 Å². The standard InChI is InChI=1S/C27H31N7O4/c1-2-23(35)19-3-7-21(8-4-19)28-27(36)29-22-9-5-20(6-10-22)24-30-25(33-11-15-37-16-12-33)32-26(31-24)34-13-17-38-18-14-34/h3-10H,2,11-18H2,1H3,(H2,28,29,36). The van der Waals surface area contributed by atoms with Gasteiger partial charge in [-0.2, -0.15) is 15.0 Å². The number of urea groups is 1. The van der Waals surface area contributed by atoms with Crippen molar-refractivity contribution in [1.29, 1.82) is 0 Å². The van der Waals surface area contributed by atoms with Gasteiger partial charge in [0.25, 0.3) is 0 Å². The Kier molecular flexibility index (Phi) is 8.05. The minimum atomic E-state index is -0.378. The molecule has 3 aromatic rings. The highest BCUT2D eigenvalue weighted by Crippen LogP contribution is 2.24. The molecule has 0 atom stereocenters. The summed E-state index contributed by atoms with van der Waals surface area (Å²) < 4.78 is 11.0. The average molecular weight is 518 g/mol. The number of ether oxygens (including phenoxy) is 2. The maximum absolute atomic E-state index is 12.5. The average Bonchev–Trinajstić information content (AvgIpc) is 2.98. The number of aromatic nitrogens is 3. The van der Waals surface area contributed by atoms with Crippen molar-refractivity contribution in [2.75, 3.05) is 73.0 Å². The molecule has 0 saturated carbocycles. The first-order chi connectivity index (χ1) is 18.6. The molecule has 198 valence electrons. The second-order valence-electron chi connectivity index (χ2n) is 8.97. The molecule has 2 aliphatic heterocycles. The number of Topliss-reactive ketones (excluding diaryl/α,β-unsaturated/α-hetero) is 1. The first-order valence-corrected chi connectivity index (χ1v) is 12.8. The monoisotopic (exact) mass is 517 g/mol. The van der Waals surface area contributed by atoms with Gasteiger partial charge in [-0.15, -0.1) is 0 Å². The number of hydrogen-bond donors (Lipinski definition) is 2. The second-order valence-corrected chi connectivity index (χ2v) is 8.97. The Morgan fingerprint density at radius 3 is 1.68 bits per heavy atom. The topological polar surface area (TPSA) is 122 Å². The van der Waals surface area contributed by atoms with Crippen molar-refractivity contribution in [3.63, 3.8) is 0 Å². The van der Waals surface area contributed by atoms with Crippen molar-refractivity contribution in [3.8, 4) is 11.4 Å². The molecular formula is C27H31N7O4. The summed E-state index contributed by atoms with van der Waals surface area (Å²) in [6, 6.07) is 13.8. The lowest BCUT2D eigenvalue weighted by Gasteiger charge is -2.30. The van der Waals surface area contributed by atoms with E-state index in [1.165, 1.54) is 0 Å².